The van der Waals surface area contributed by atoms with Crippen LogP contribution in [0.5, 0.6) is 11.5 Å². The zero-order chi connectivity index (χ0) is 18.4. The van der Waals surface area contributed by atoms with E-state index in [1.807, 2.05) is 13.8 Å². The Balaban J connectivity index is 2.18. The van der Waals surface area contributed by atoms with Crippen LogP contribution < -0.4 is 9.47 Å². The molecule has 2 rings (SSSR count). The molecular weight excluding hydrogens is 388 g/mol. The van der Waals surface area contributed by atoms with Gasteiger partial charge in [0.25, 0.3) is 0 Å². The molecule has 25 heavy (non-hydrogen) atoms. The number of carbonyl (C=O) groups excluding carboxylic acids is 2. The molecule has 0 radical (unpaired) electrons. The van der Waals surface area contributed by atoms with Crippen LogP contribution >= 0.6 is 15.9 Å². The van der Waals surface area contributed by atoms with E-state index >= 15 is 0 Å². The predicted octanol–water partition coefficient (Wildman–Crippen LogP) is 4.63. The average Bonchev–Trinajstić information content (AvgIpc) is 2.56. The molecular formula is C19H19BrO5. The molecule has 0 aliphatic rings. The van der Waals surface area contributed by atoms with Gasteiger partial charge in [-0.3, -0.25) is 0 Å². The van der Waals surface area contributed by atoms with Gasteiger partial charge in [-0.05, 0) is 63.2 Å². The van der Waals surface area contributed by atoms with E-state index in [1.165, 1.54) is 0 Å². The van der Waals surface area contributed by atoms with Gasteiger partial charge in [0.1, 0.15) is 17.1 Å². The summed E-state index contributed by atoms with van der Waals surface area (Å²) in [6.45, 7) is 5.79. The van der Waals surface area contributed by atoms with E-state index in [2.05, 4.69) is 15.9 Å². The second kappa shape index (κ2) is 8.67. The molecule has 5 nitrogen and oxygen atoms in total. The fourth-order valence-electron chi connectivity index (χ4n) is 2.06. The lowest BCUT2D eigenvalue weighted by Crippen LogP contribution is -2.13. The molecule has 2 aromatic carbocycles. The van der Waals surface area contributed by atoms with Gasteiger partial charge < -0.3 is 14.2 Å². The lowest BCUT2D eigenvalue weighted by Gasteiger charge is -2.11. The average molecular weight is 407 g/mol. The molecule has 0 saturated carbocycles. The highest BCUT2D eigenvalue weighted by Gasteiger charge is 2.18. The number of rotatable bonds is 6. The Morgan fingerprint density at radius 2 is 1.72 bits per heavy atom. The first-order valence-electron chi connectivity index (χ1n) is 7.86. The lowest BCUT2D eigenvalue weighted by atomic mass is 10.2. The van der Waals surface area contributed by atoms with Crippen LogP contribution in [-0.2, 0) is 4.74 Å². The molecule has 0 aliphatic heterocycles. The van der Waals surface area contributed by atoms with Crippen molar-refractivity contribution in [1.82, 2.24) is 0 Å². The van der Waals surface area contributed by atoms with Crippen molar-refractivity contribution in [2.24, 2.45) is 0 Å². The molecule has 132 valence electrons. The molecule has 0 aromatic heterocycles. The molecule has 0 bridgehead atoms. The van der Waals surface area contributed by atoms with Crippen LogP contribution in [0.25, 0.3) is 0 Å². The molecule has 6 heteroatoms. The summed E-state index contributed by atoms with van der Waals surface area (Å²) >= 11 is 3.29. The van der Waals surface area contributed by atoms with Crippen LogP contribution in [0.2, 0.25) is 0 Å². The number of halogens is 1. The third-order valence-corrected chi connectivity index (χ3v) is 3.59. The molecule has 0 heterocycles. The van der Waals surface area contributed by atoms with Gasteiger partial charge in [-0.25, -0.2) is 9.59 Å². The SMILES string of the molecule is CCOC(=O)c1cc(Br)ccc1OC(=O)c1ccc(OC(C)C)cc1. The van der Waals surface area contributed by atoms with Crippen molar-refractivity contribution in [3.8, 4) is 11.5 Å². The Morgan fingerprint density at radius 3 is 2.32 bits per heavy atom. The smallest absolute Gasteiger partial charge is 0.343 e. The van der Waals surface area contributed by atoms with E-state index < -0.39 is 11.9 Å². The first-order chi connectivity index (χ1) is 11.9. The van der Waals surface area contributed by atoms with Crippen molar-refractivity contribution in [1.29, 1.82) is 0 Å². The van der Waals surface area contributed by atoms with E-state index in [0.29, 0.717) is 15.8 Å². The molecule has 0 spiro atoms. The van der Waals surface area contributed by atoms with Crippen molar-refractivity contribution >= 4 is 27.9 Å². The number of carbonyl (C=O) groups is 2. The quantitative estimate of drug-likeness (QED) is 0.516. The highest BCUT2D eigenvalue weighted by Crippen LogP contribution is 2.25. The fourth-order valence-corrected chi connectivity index (χ4v) is 2.42. The minimum absolute atomic E-state index is 0.0488. The second-order valence-corrected chi connectivity index (χ2v) is 6.36. The second-order valence-electron chi connectivity index (χ2n) is 5.44. The summed E-state index contributed by atoms with van der Waals surface area (Å²) in [6.07, 6.45) is 0.0488. The normalized spacial score (nSPS) is 10.4. The van der Waals surface area contributed by atoms with Crippen LogP contribution in [0.3, 0.4) is 0 Å². The third kappa shape index (κ3) is 5.32. The van der Waals surface area contributed by atoms with E-state index in [4.69, 9.17) is 14.2 Å². The van der Waals surface area contributed by atoms with Crippen LogP contribution in [0.4, 0.5) is 0 Å². The van der Waals surface area contributed by atoms with Crippen molar-refractivity contribution in [3.63, 3.8) is 0 Å². The van der Waals surface area contributed by atoms with Gasteiger partial charge in [-0.1, -0.05) is 15.9 Å². The first-order valence-corrected chi connectivity index (χ1v) is 8.65. The Kier molecular flexibility index (Phi) is 6.58. The molecule has 0 aliphatic carbocycles. The monoisotopic (exact) mass is 406 g/mol. The maximum absolute atomic E-state index is 12.3. The van der Waals surface area contributed by atoms with Gasteiger partial charge >= 0.3 is 11.9 Å². The van der Waals surface area contributed by atoms with E-state index in [-0.39, 0.29) is 24.0 Å². The Bertz CT molecular complexity index is 753. The Labute approximate surface area is 155 Å². The molecule has 0 N–H and O–H groups in total. The van der Waals surface area contributed by atoms with E-state index in [9.17, 15) is 9.59 Å². The van der Waals surface area contributed by atoms with Crippen molar-refractivity contribution in [2.75, 3.05) is 6.61 Å². The van der Waals surface area contributed by atoms with Gasteiger partial charge in [0.2, 0.25) is 0 Å². The summed E-state index contributed by atoms with van der Waals surface area (Å²) < 4.78 is 16.6. The molecule has 0 unspecified atom stereocenters. The first kappa shape index (κ1) is 19.0. The minimum Gasteiger partial charge on any atom is -0.491 e. The van der Waals surface area contributed by atoms with Gasteiger partial charge in [0, 0.05) is 4.47 Å². The minimum atomic E-state index is -0.566. The molecule has 0 atom stereocenters. The predicted molar refractivity (Wildman–Crippen MR) is 97.3 cm³/mol. The van der Waals surface area contributed by atoms with E-state index in [1.54, 1.807) is 49.4 Å². The standard InChI is InChI=1S/C19H19BrO5/c1-4-23-19(22)16-11-14(20)7-10-17(16)25-18(21)13-5-8-15(9-6-13)24-12(2)3/h5-12H,4H2,1-3H3. The van der Waals surface area contributed by atoms with Crippen molar-refractivity contribution in [3.05, 3.63) is 58.1 Å². The van der Waals surface area contributed by atoms with Crippen LogP contribution in [0, 0.1) is 0 Å². The highest BCUT2D eigenvalue weighted by molar-refractivity contribution is 9.10. The fraction of sp³-hybridized carbons (Fsp3) is 0.263. The highest BCUT2D eigenvalue weighted by atomic mass is 79.9. The topological polar surface area (TPSA) is 61.8 Å². The summed E-state index contributed by atoms with van der Waals surface area (Å²) in [4.78, 5) is 24.4. The van der Waals surface area contributed by atoms with Crippen LogP contribution in [0.1, 0.15) is 41.5 Å². The number of ether oxygens (including phenoxy) is 3. The molecule has 0 amide bonds. The summed E-state index contributed by atoms with van der Waals surface area (Å²) in [5.74, 6) is -0.298. The van der Waals surface area contributed by atoms with Crippen molar-refractivity contribution < 1.29 is 23.8 Å². The largest absolute Gasteiger partial charge is 0.491 e. The number of hydrogen-bond donors (Lipinski definition) is 0. The zero-order valence-corrected chi connectivity index (χ0v) is 15.8. The molecule has 0 saturated heterocycles. The summed E-state index contributed by atoms with van der Waals surface area (Å²) in [5, 5.41) is 0. The Morgan fingerprint density at radius 1 is 1.04 bits per heavy atom. The zero-order valence-electron chi connectivity index (χ0n) is 14.2. The van der Waals surface area contributed by atoms with Crippen LogP contribution in [-0.4, -0.2) is 24.6 Å². The van der Waals surface area contributed by atoms with Crippen LogP contribution in [0.15, 0.2) is 46.9 Å². The number of benzene rings is 2. The summed E-state index contributed by atoms with van der Waals surface area (Å²) in [5.41, 5.74) is 0.540. The summed E-state index contributed by atoms with van der Waals surface area (Å²) in [7, 11) is 0. The van der Waals surface area contributed by atoms with Gasteiger partial charge in [-0.2, -0.15) is 0 Å². The number of hydrogen-bond acceptors (Lipinski definition) is 5. The maximum atomic E-state index is 12.3. The van der Waals surface area contributed by atoms with Gasteiger partial charge in [0.15, 0.2) is 0 Å². The van der Waals surface area contributed by atoms with Gasteiger partial charge in [0.05, 0.1) is 18.3 Å². The third-order valence-electron chi connectivity index (χ3n) is 3.10. The maximum Gasteiger partial charge on any atom is 0.343 e. The molecule has 0 fully saturated rings. The van der Waals surface area contributed by atoms with Gasteiger partial charge in [-0.15, -0.1) is 0 Å². The Hall–Kier alpha value is -2.34. The lowest BCUT2D eigenvalue weighted by molar-refractivity contribution is 0.0520. The summed E-state index contributed by atoms with van der Waals surface area (Å²) in [6, 6.07) is 11.4. The van der Waals surface area contributed by atoms with E-state index in [0.717, 1.165) is 0 Å². The number of esters is 2. The van der Waals surface area contributed by atoms with Crippen molar-refractivity contribution in [2.45, 2.75) is 26.9 Å². The molecule has 2 aromatic rings.